The third-order valence-corrected chi connectivity index (χ3v) is 8.11. The average molecular weight is 545 g/mol. The van der Waals surface area contributed by atoms with Crippen molar-refractivity contribution in [1.82, 2.24) is 24.3 Å². The summed E-state index contributed by atoms with van der Waals surface area (Å²) in [5.74, 6) is 0.962. The molecule has 0 bridgehead atoms. The molecule has 6 N–H and O–H groups in total. The van der Waals surface area contributed by atoms with Gasteiger partial charge in [-0.15, -0.1) is 0 Å². The van der Waals surface area contributed by atoms with E-state index < -0.39 is 23.9 Å². The van der Waals surface area contributed by atoms with Crippen molar-refractivity contribution in [3.8, 4) is 5.69 Å². The summed E-state index contributed by atoms with van der Waals surface area (Å²) < 4.78 is 1.37. The zero-order valence-electron chi connectivity index (χ0n) is 21.2. The maximum absolute atomic E-state index is 12.7. The van der Waals surface area contributed by atoms with Crippen LogP contribution in [0.15, 0.2) is 35.3 Å². The minimum Gasteiger partial charge on any atom is -0.394 e. The zero-order valence-corrected chi connectivity index (χ0v) is 22.0. The first-order valence-corrected chi connectivity index (χ1v) is 13.1. The van der Waals surface area contributed by atoms with Crippen molar-refractivity contribution < 1.29 is 14.7 Å². The van der Waals surface area contributed by atoms with E-state index in [2.05, 4.69) is 15.2 Å². The number of nitrogens with one attached hydrogen (secondary N) is 1. The van der Waals surface area contributed by atoms with Crippen molar-refractivity contribution in [3.05, 3.63) is 51.5 Å². The number of carbonyl (C=O) groups is 2. The quantitative estimate of drug-likeness (QED) is 0.384. The molecule has 3 fully saturated rings. The molecule has 2 saturated heterocycles. The van der Waals surface area contributed by atoms with Crippen molar-refractivity contribution in [2.45, 2.75) is 25.0 Å². The van der Waals surface area contributed by atoms with Gasteiger partial charge in [-0.05, 0) is 42.5 Å². The molecule has 3 aliphatic rings. The number of hydrogen-bond acceptors (Lipinski definition) is 8. The lowest BCUT2D eigenvalue weighted by molar-refractivity contribution is -0.139. The first kappa shape index (κ1) is 26.6. The summed E-state index contributed by atoms with van der Waals surface area (Å²) in [5.41, 5.74) is 11.5. The van der Waals surface area contributed by atoms with Gasteiger partial charge in [0.1, 0.15) is 11.4 Å². The number of piperazine rings is 1. The molecule has 13 heteroatoms. The molecule has 1 aromatic heterocycles. The van der Waals surface area contributed by atoms with E-state index in [9.17, 15) is 19.5 Å². The molecule has 3 amide bonds. The molecule has 2 unspecified atom stereocenters. The Morgan fingerprint density at radius 2 is 1.82 bits per heavy atom. The highest BCUT2D eigenvalue weighted by molar-refractivity contribution is 6.31. The topological polar surface area (TPSA) is 163 Å². The van der Waals surface area contributed by atoms with Crippen molar-refractivity contribution in [2.24, 2.45) is 23.3 Å². The second kappa shape index (κ2) is 10.3. The largest absolute Gasteiger partial charge is 0.394 e. The predicted octanol–water partition coefficient (Wildman–Crippen LogP) is -0.339. The number of likely N-dealkylation sites (tertiary alicyclic amines) is 1. The summed E-state index contributed by atoms with van der Waals surface area (Å²) in [6, 6.07) is 6.95. The Balaban J connectivity index is 1.17. The van der Waals surface area contributed by atoms with Gasteiger partial charge in [0, 0.05) is 63.1 Å². The molecule has 0 spiro atoms. The Morgan fingerprint density at radius 1 is 1.16 bits per heavy atom. The molecule has 1 aliphatic carbocycles. The Morgan fingerprint density at radius 3 is 2.42 bits per heavy atom. The van der Waals surface area contributed by atoms with Crippen LogP contribution in [-0.4, -0.2) is 98.8 Å². The number of urea groups is 1. The zero-order chi connectivity index (χ0) is 27.2. The van der Waals surface area contributed by atoms with Gasteiger partial charge in [0.25, 0.3) is 0 Å². The van der Waals surface area contributed by atoms with Gasteiger partial charge in [-0.3, -0.25) is 19.6 Å². The summed E-state index contributed by atoms with van der Waals surface area (Å²) in [6.45, 7) is 4.88. The van der Waals surface area contributed by atoms with E-state index in [1.54, 1.807) is 18.3 Å². The number of halogens is 1. The molecule has 5 rings (SSSR count). The molecular weight excluding hydrogens is 512 g/mol. The minimum absolute atomic E-state index is 0.123. The van der Waals surface area contributed by atoms with E-state index in [4.69, 9.17) is 23.1 Å². The van der Waals surface area contributed by atoms with Gasteiger partial charge >= 0.3 is 11.7 Å². The molecule has 3 heterocycles. The van der Waals surface area contributed by atoms with E-state index in [-0.39, 0.29) is 37.9 Å². The van der Waals surface area contributed by atoms with Crippen molar-refractivity contribution in [1.29, 1.82) is 0 Å². The number of aliphatic hydroxyl groups excluding tert-OH is 1. The molecule has 4 atom stereocenters. The van der Waals surface area contributed by atoms with Crippen molar-refractivity contribution in [2.75, 3.05) is 51.2 Å². The predicted molar refractivity (Wildman–Crippen MR) is 142 cm³/mol. The summed E-state index contributed by atoms with van der Waals surface area (Å²) in [5, 5.41) is 12.5. The molecule has 2 aromatic rings. The number of nitrogens with two attached hydrogens (primary N) is 2. The molecule has 12 nitrogen and oxygen atoms in total. The number of rotatable bonds is 6. The summed E-state index contributed by atoms with van der Waals surface area (Å²) in [6.07, 6.45) is 1.54. The van der Waals surface area contributed by atoms with Crippen LogP contribution in [0.3, 0.4) is 0 Å². The van der Waals surface area contributed by atoms with Gasteiger partial charge in [-0.1, -0.05) is 17.7 Å². The molecule has 38 heavy (non-hydrogen) atoms. The second-order valence-electron chi connectivity index (χ2n) is 10.6. The molecule has 2 aliphatic heterocycles. The molecule has 204 valence electrons. The SMILES string of the molecule is C[C@](N)(CO)C(=O)N1CCN(C(=O)Nc2ccn(-c3ccc(CN4CC5C(N)[C@@H]5C4)c(Cl)c3)c(=O)n2)CC1. The lowest BCUT2D eigenvalue weighted by Crippen LogP contribution is -2.60. The normalized spacial score (nSPS) is 24.6. The van der Waals surface area contributed by atoms with Gasteiger partial charge in [-0.2, -0.15) is 4.98 Å². The first-order valence-electron chi connectivity index (χ1n) is 12.7. The van der Waals surface area contributed by atoms with Crippen LogP contribution >= 0.6 is 11.6 Å². The van der Waals surface area contributed by atoms with E-state index >= 15 is 0 Å². The number of anilines is 1. The molecule has 1 saturated carbocycles. The van der Waals surface area contributed by atoms with Gasteiger partial charge in [-0.25, -0.2) is 9.59 Å². The standard InChI is InChI=1S/C25H33ClN8O4/c1-25(28,14-35)22(36)32-6-8-33(9-7-32)23(37)29-20-4-5-34(24(38)30-20)16-3-2-15(19(26)10-16)11-31-12-17-18(13-31)21(17)27/h2-5,10,17-18,21,35H,6-9,11-14,27-28H2,1H3,(H,29,30,37,38)/t17-,18?,21?,25+/m1/s1. The number of nitrogens with zero attached hydrogens (tertiary/aromatic N) is 5. The monoisotopic (exact) mass is 544 g/mol. The maximum atomic E-state index is 12.7. The number of amides is 3. The van der Waals surface area contributed by atoms with Gasteiger partial charge in [0.15, 0.2) is 0 Å². The highest BCUT2D eigenvalue weighted by Crippen LogP contribution is 2.44. The van der Waals surface area contributed by atoms with Crippen LogP contribution in [0.2, 0.25) is 5.02 Å². The smallest absolute Gasteiger partial charge is 0.354 e. The number of aromatic nitrogens is 2. The van der Waals surface area contributed by atoms with Crippen LogP contribution in [0.25, 0.3) is 5.69 Å². The van der Waals surface area contributed by atoms with Crippen LogP contribution in [0.1, 0.15) is 12.5 Å². The van der Waals surface area contributed by atoms with E-state index in [1.165, 1.54) is 21.3 Å². The number of aliphatic hydroxyl groups is 1. The highest BCUT2D eigenvalue weighted by Gasteiger charge is 2.53. The number of benzene rings is 1. The molecule has 1 aromatic carbocycles. The Labute approximate surface area is 225 Å². The number of piperidine rings is 1. The highest BCUT2D eigenvalue weighted by atomic mass is 35.5. The Kier molecular flexibility index (Phi) is 7.18. The number of fused-ring (bicyclic) bond motifs is 1. The van der Waals surface area contributed by atoms with Crippen LogP contribution in [0, 0.1) is 11.8 Å². The third kappa shape index (κ3) is 5.27. The van der Waals surface area contributed by atoms with E-state index in [1.807, 2.05) is 12.1 Å². The van der Waals surface area contributed by atoms with Crippen molar-refractivity contribution in [3.63, 3.8) is 0 Å². The van der Waals surface area contributed by atoms with Gasteiger partial charge in [0.05, 0.1) is 12.3 Å². The Hall–Kier alpha value is -3.03. The van der Waals surface area contributed by atoms with E-state index in [0.717, 1.165) is 25.2 Å². The summed E-state index contributed by atoms with van der Waals surface area (Å²) in [4.78, 5) is 47.2. The fourth-order valence-electron chi connectivity index (χ4n) is 5.24. The Bertz CT molecular complexity index is 1280. The third-order valence-electron chi connectivity index (χ3n) is 7.75. The maximum Gasteiger partial charge on any atom is 0.354 e. The fourth-order valence-corrected chi connectivity index (χ4v) is 5.48. The van der Waals surface area contributed by atoms with Crippen LogP contribution in [-0.2, 0) is 11.3 Å². The fraction of sp³-hybridized carbons (Fsp3) is 0.520. The summed E-state index contributed by atoms with van der Waals surface area (Å²) >= 11 is 6.54. The summed E-state index contributed by atoms with van der Waals surface area (Å²) in [7, 11) is 0. The number of carbonyl (C=O) groups excluding carboxylic acids is 2. The lowest BCUT2D eigenvalue weighted by atomic mass is 10.0. The van der Waals surface area contributed by atoms with Gasteiger partial charge in [0.2, 0.25) is 5.91 Å². The molecular formula is C25H33ClN8O4. The van der Waals surface area contributed by atoms with Crippen molar-refractivity contribution >= 4 is 29.4 Å². The first-order chi connectivity index (χ1) is 18.1. The van der Waals surface area contributed by atoms with Crippen LogP contribution < -0.4 is 22.5 Å². The van der Waals surface area contributed by atoms with Crippen LogP contribution in [0.4, 0.5) is 10.6 Å². The number of hydrogen-bond donors (Lipinski definition) is 4. The molecule has 0 radical (unpaired) electrons. The van der Waals surface area contributed by atoms with E-state index in [0.29, 0.717) is 28.6 Å². The lowest BCUT2D eigenvalue weighted by Gasteiger charge is -2.37. The minimum atomic E-state index is -1.36. The average Bonchev–Trinajstić information content (AvgIpc) is 3.29. The second-order valence-corrected chi connectivity index (χ2v) is 11.0. The van der Waals surface area contributed by atoms with Crippen LogP contribution in [0.5, 0.6) is 0 Å². The van der Waals surface area contributed by atoms with Gasteiger partial charge < -0.3 is 26.4 Å².